The van der Waals surface area contributed by atoms with Crippen LogP contribution in [0.5, 0.6) is 0 Å². The summed E-state index contributed by atoms with van der Waals surface area (Å²) in [6.07, 6.45) is 3.63. The van der Waals surface area contributed by atoms with E-state index >= 15 is 0 Å². The van der Waals surface area contributed by atoms with Crippen molar-refractivity contribution in [2.45, 2.75) is 24.9 Å². The molecule has 0 fully saturated rings. The third-order valence-electron chi connectivity index (χ3n) is 3.55. The molecule has 0 amide bonds. The second kappa shape index (κ2) is 7.21. The first-order chi connectivity index (χ1) is 11.0. The van der Waals surface area contributed by atoms with Gasteiger partial charge in [0, 0.05) is 4.91 Å². The van der Waals surface area contributed by atoms with Gasteiger partial charge in [0.15, 0.2) is 9.84 Å². The van der Waals surface area contributed by atoms with Gasteiger partial charge in [0.25, 0.3) is 0 Å². The zero-order chi connectivity index (χ0) is 17.0. The summed E-state index contributed by atoms with van der Waals surface area (Å²) in [5.74, 6) is 0.0283. The van der Waals surface area contributed by atoms with Crippen molar-refractivity contribution in [3.05, 3.63) is 52.4 Å². The summed E-state index contributed by atoms with van der Waals surface area (Å²) in [4.78, 5) is 0.467. The van der Waals surface area contributed by atoms with E-state index in [1.54, 1.807) is 13.0 Å². The Balaban J connectivity index is 2.59. The van der Waals surface area contributed by atoms with Crippen LogP contribution >= 0.6 is 0 Å². The highest BCUT2D eigenvalue weighted by Crippen LogP contribution is 2.33. The monoisotopic (exact) mass is 350 g/mol. The average Bonchev–Trinajstić information content (AvgIpc) is 2.94. The van der Waals surface area contributed by atoms with Crippen LogP contribution in [0.15, 0.2) is 45.8 Å². The fourth-order valence-electron chi connectivity index (χ4n) is 2.47. The molecule has 5 nitrogen and oxygen atoms in total. The Morgan fingerprint density at radius 1 is 1.43 bits per heavy atom. The van der Waals surface area contributed by atoms with Gasteiger partial charge in [0.1, 0.15) is 10.7 Å². The topological polar surface area (TPSA) is 90.5 Å². The molecule has 0 saturated carbocycles. The van der Waals surface area contributed by atoms with Gasteiger partial charge in [-0.05, 0) is 41.2 Å². The number of benzene rings is 1. The molecule has 2 atom stereocenters. The SMILES string of the molecule is CCCS(=O)(=O)C1C=CC(=C(C#N)c2ccccc2C)S1=NO. The Morgan fingerprint density at radius 3 is 2.70 bits per heavy atom. The molecule has 2 rings (SSSR count). The maximum Gasteiger partial charge on any atom is 0.167 e. The molecule has 0 aliphatic carbocycles. The van der Waals surface area contributed by atoms with Gasteiger partial charge in [-0.1, -0.05) is 37.3 Å². The molecule has 0 saturated heterocycles. The van der Waals surface area contributed by atoms with E-state index in [0.29, 0.717) is 16.9 Å². The van der Waals surface area contributed by atoms with Gasteiger partial charge in [0.2, 0.25) is 0 Å². The van der Waals surface area contributed by atoms with Crippen molar-refractivity contribution < 1.29 is 13.6 Å². The standard InChI is InChI=1S/C16H18N2O3S2/c1-3-10-23(20,21)16-9-8-15(22(16)18-19)14(11-17)13-7-5-4-6-12(13)2/h4-9,16,19H,3,10H2,1-2H3. The molecule has 2 unspecified atom stereocenters. The highest BCUT2D eigenvalue weighted by atomic mass is 32.3. The minimum absolute atomic E-state index is 0.0283. The largest absolute Gasteiger partial charge is 0.261 e. The van der Waals surface area contributed by atoms with Crippen LogP contribution < -0.4 is 0 Å². The predicted molar refractivity (Wildman–Crippen MR) is 92.3 cm³/mol. The van der Waals surface area contributed by atoms with Crippen LogP contribution in [0.4, 0.5) is 0 Å². The van der Waals surface area contributed by atoms with Crippen LogP contribution in [0.3, 0.4) is 0 Å². The molecule has 23 heavy (non-hydrogen) atoms. The lowest BCUT2D eigenvalue weighted by Crippen LogP contribution is -2.24. The van der Waals surface area contributed by atoms with Crippen molar-refractivity contribution in [1.29, 1.82) is 5.26 Å². The van der Waals surface area contributed by atoms with Gasteiger partial charge in [0.05, 0.1) is 11.3 Å². The number of nitriles is 1. The van der Waals surface area contributed by atoms with Crippen LogP contribution in [-0.4, -0.2) is 24.0 Å². The van der Waals surface area contributed by atoms with Crippen molar-refractivity contribution in [3.8, 4) is 6.07 Å². The second-order valence-electron chi connectivity index (χ2n) is 5.16. The Hall–Kier alpha value is -1.75. The van der Waals surface area contributed by atoms with E-state index in [-0.39, 0.29) is 5.75 Å². The maximum absolute atomic E-state index is 12.3. The number of aryl methyl sites for hydroxylation is 1. The number of rotatable bonds is 4. The molecule has 1 aromatic carbocycles. The van der Waals surface area contributed by atoms with Crippen molar-refractivity contribution in [2.24, 2.45) is 4.53 Å². The minimum atomic E-state index is -3.41. The van der Waals surface area contributed by atoms with Gasteiger partial charge in [-0.25, -0.2) is 8.42 Å². The Labute approximate surface area is 138 Å². The fourth-order valence-corrected chi connectivity index (χ4v) is 6.66. The van der Waals surface area contributed by atoms with Crippen molar-refractivity contribution >= 4 is 26.1 Å². The van der Waals surface area contributed by atoms with E-state index in [1.807, 2.05) is 31.2 Å². The molecule has 1 heterocycles. The summed E-state index contributed by atoms with van der Waals surface area (Å²) < 4.78 is 27.1. The van der Waals surface area contributed by atoms with Gasteiger partial charge >= 0.3 is 0 Å². The molecule has 7 heteroatoms. The zero-order valence-electron chi connectivity index (χ0n) is 12.9. The van der Waals surface area contributed by atoms with Crippen LogP contribution in [0.1, 0.15) is 24.5 Å². The van der Waals surface area contributed by atoms with Crippen LogP contribution in [0.2, 0.25) is 0 Å². The first-order valence-electron chi connectivity index (χ1n) is 7.14. The Kier molecular flexibility index (Phi) is 5.52. The molecule has 1 aromatic rings. The average molecular weight is 350 g/mol. The smallest absolute Gasteiger partial charge is 0.167 e. The van der Waals surface area contributed by atoms with Crippen LogP contribution in [0, 0.1) is 18.3 Å². The molecular formula is C16H18N2O3S2. The van der Waals surface area contributed by atoms with E-state index in [4.69, 9.17) is 0 Å². The Bertz CT molecular complexity index is 846. The van der Waals surface area contributed by atoms with E-state index in [9.17, 15) is 18.9 Å². The van der Waals surface area contributed by atoms with Gasteiger partial charge in [-0.3, -0.25) is 5.21 Å². The number of nitrogens with zero attached hydrogens (tertiary/aromatic N) is 2. The second-order valence-corrected chi connectivity index (χ2v) is 9.44. The molecule has 0 spiro atoms. The normalized spacial score (nSPS) is 23.0. The highest BCUT2D eigenvalue weighted by Gasteiger charge is 2.34. The first-order valence-corrected chi connectivity index (χ1v) is 10.1. The molecule has 1 N–H and O–H groups in total. The predicted octanol–water partition coefficient (Wildman–Crippen LogP) is 3.14. The van der Waals surface area contributed by atoms with Crippen LogP contribution in [-0.2, 0) is 20.5 Å². The number of allylic oxidation sites excluding steroid dienone is 2. The summed E-state index contributed by atoms with van der Waals surface area (Å²) in [6.45, 7) is 3.67. The number of hydrogen-bond acceptors (Lipinski definition) is 4. The van der Waals surface area contributed by atoms with Crippen molar-refractivity contribution in [1.82, 2.24) is 0 Å². The molecular weight excluding hydrogens is 332 g/mol. The lowest BCUT2D eigenvalue weighted by molar-refractivity contribution is 0.328. The first kappa shape index (κ1) is 17.6. The molecule has 1 aliphatic rings. The van der Waals surface area contributed by atoms with E-state index < -0.39 is 25.1 Å². The summed E-state index contributed by atoms with van der Waals surface area (Å²) >= 11 is 0. The van der Waals surface area contributed by atoms with E-state index in [0.717, 1.165) is 11.1 Å². The van der Waals surface area contributed by atoms with Gasteiger partial charge in [-0.2, -0.15) is 5.26 Å². The minimum Gasteiger partial charge on any atom is -0.261 e. The number of sulfone groups is 1. The van der Waals surface area contributed by atoms with E-state index in [2.05, 4.69) is 10.6 Å². The maximum atomic E-state index is 12.3. The van der Waals surface area contributed by atoms with E-state index in [1.165, 1.54) is 6.08 Å². The number of hydrogen-bond donors (Lipinski definition) is 1. The zero-order valence-corrected chi connectivity index (χ0v) is 14.6. The lowest BCUT2D eigenvalue weighted by Gasteiger charge is -2.13. The summed E-state index contributed by atoms with van der Waals surface area (Å²) in [6, 6.07) is 9.51. The summed E-state index contributed by atoms with van der Waals surface area (Å²) in [7, 11) is -4.69. The molecule has 0 radical (unpaired) electrons. The molecule has 0 bridgehead atoms. The fraction of sp³-hybridized carbons (Fsp3) is 0.312. The summed E-state index contributed by atoms with van der Waals surface area (Å²) in [5.41, 5.74) is 1.99. The van der Waals surface area contributed by atoms with Gasteiger partial charge in [-0.15, -0.1) is 4.53 Å². The summed E-state index contributed by atoms with van der Waals surface area (Å²) in [5, 5.41) is 18.9. The van der Waals surface area contributed by atoms with Crippen LogP contribution in [0.25, 0.3) is 5.57 Å². The molecule has 1 aliphatic heterocycles. The van der Waals surface area contributed by atoms with Gasteiger partial charge < -0.3 is 0 Å². The highest BCUT2D eigenvalue weighted by molar-refractivity contribution is 8.09. The molecule has 0 aromatic heterocycles. The van der Waals surface area contributed by atoms with Crippen molar-refractivity contribution in [3.63, 3.8) is 0 Å². The third kappa shape index (κ3) is 3.44. The quantitative estimate of drug-likeness (QED) is 0.667. The lowest BCUT2D eigenvalue weighted by atomic mass is 10.0. The Morgan fingerprint density at radius 2 is 2.13 bits per heavy atom. The molecule has 122 valence electrons. The van der Waals surface area contributed by atoms with Crippen molar-refractivity contribution in [2.75, 3.05) is 5.75 Å². The third-order valence-corrected chi connectivity index (χ3v) is 8.39.